The van der Waals surface area contributed by atoms with E-state index in [1.807, 2.05) is 31.3 Å². The lowest BCUT2D eigenvalue weighted by atomic mass is 10.1. The highest BCUT2D eigenvalue weighted by atomic mass is 35.5. The summed E-state index contributed by atoms with van der Waals surface area (Å²) in [6, 6.07) is 10.5. The Bertz CT molecular complexity index is 1060. The van der Waals surface area contributed by atoms with Crippen molar-refractivity contribution in [3.05, 3.63) is 58.2 Å². The van der Waals surface area contributed by atoms with Crippen LogP contribution in [-0.2, 0) is 16.0 Å². The number of hydrogen-bond acceptors (Lipinski definition) is 3. The van der Waals surface area contributed by atoms with E-state index in [0.29, 0.717) is 22.3 Å². The summed E-state index contributed by atoms with van der Waals surface area (Å²) in [5.41, 5.74) is 2.20. The van der Waals surface area contributed by atoms with E-state index in [2.05, 4.69) is 10.3 Å². The number of aromatic amines is 1. The minimum atomic E-state index is -0.332. The monoisotopic (exact) mass is 447 g/mol. The van der Waals surface area contributed by atoms with Crippen LogP contribution in [0, 0.1) is 0 Å². The maximum Gasteiger partial charge on any atom is 0.244 e. The first-order valence-corrected chi connectivity index (χ1v) is 10.3. The first kappa shape index (κ1) is 22.0. The molecule has 0 unspecified atom stereocenters. The average molecular weight is 448 g/mol. The summed E-state index contributed by atoms with van der Waals surface area (Å²) < 4.78 is 5.28. The lowest BCUT2D eigenvalue weighted by molar-refractivity contribution is -0.134. The number of carbonyl (C=O) groups excluding carboxylic acids is 2. The summed E-state index contributed by atoms with van der Waals surface area (Å²) in [5.74, 6) is 0.258. The van der Waals surface area contributed by atoms with Crippen LogP contribution in [-0.4, -0.2) is 41.9 Å². The molecule has 0 saturated heterocycles. The van der Waals surface area contributed by atoms with E-state index in [0.717, 1.165) is 28.6 Å². The van der Waals surface area contributed by atoms with Gasteiger partial charge in [-0.1, -0.05) is 30.1 Å². The summed E-state index contributed by atoms with van der Waals surface area (Å²) >= 11 is 12.1. The number of carbonyl (C=O) groups is 2. The maximum atomic E-state index is 13.0. The quantitative estimate of drug-likeness (QED) is 0.515. The van der Waals surface area contributed by atoms with Crippen molar-refractivity contribution in [1.82, 2.24) is 9.88 Å². The predicted octanol–water partition coefficient (Wildman–Crippen LogP) is 4.90. The van der Waals surface area contributed by atoms with Crippen molar-refractivity contribution in [2.75, 3.05) is 25.5 Å². The fourth-order valence-corrected chi connectivity index (χ4v) is 3.56. The molecule has 30 heavy (non-hydrogen) atoms. The summed E-state index contributed by atoms with van der Waals surface area (Å²) in [5, 5.41) is 4.50. The van der Waals surface area contributed by atoms with E-state index < -0.39 is 0 Å². The molecule has 0 aliphatic heterocycles. The molecule has 0 aliphatic rings. The Morgan fingerprint density at radius 2 is 1.97 bits per heavy atom. The van der Waals surface area contributed by atoms with Crippen molar-refractivity contribution >= 4 is 51.6 Å². The third-order valence-corrected chi connectivity index (χ3v) is 5.26. The molecule has 8 heteroatoms. The zero-order valence-electron chi connectivity index (χ0n) is 16.8. The molecule has 0 radical (unpaired) electrons. The van der Waals surface area contributed by atoms with Gasteiger partial charge in [-0.3, -0.25) is 9.59 Å². The van der Waals surface area contributed by atoms with Gasteiger partial charge in [-0.2, -0.15) is 0 Å². The van der Waals surface area contributed by atoms with Crippen LogP contribution in [0.2, 0.25) is 10.0 Å². The van der Waals surface area contributed by atoms with E-state index in [4.69, 9.17) is 27.9 Å². The minimum absolute atomic E-state index is 0.0683. The highest BCUT2D eigenvalue weighted by molar-refractivity contribution is 6.35. The van der Waals surface area contributed by atoms with Crippen LogP contribution in [0.25, 0.3) is 10.9 Å². The highest BCUT2D eigenvalue weighted by Crippen LogP contribution is 2.26. The second-order valence-electron chi connectivity index (χ2n) is 6.89. The van der Waals surface area contributed by atoms with Crippen LogP contribution in [0.3, 0.4) is 0 Å². The molecule has 0 atom stereocenters. The number of hydrogen-bond donors (Lipinski definition) is 2. The molecule has 0 bridgehead atoms. The Balaban J connectivity index is 1.71. The first-order valence-electron chi connectivity index (χ1n) is 9.58. The van der Waals surface area contributed by atoms with Crippen LogP contribution in [0.1, 0.15) is 18.9 Å². The normalized spacial score (nSPS) is 10.8. The largest absolute Gasteiger partial charge is 0.497 e. The Morgan fingerprint density at radius 3 is 2.70 bits per heavy atom. The van der Waals surface area contributed by atoms with E-state index in [1.165, 1.54) is 0 Å². The van der Waals surface area contributed by atoms with Gasteiger partial charge in [0.1, 0.15) is 5.75 Å². The number of nitrogens with zero attached hydrogens (tertiary/aromatic N) is 1. The minimum Gasteiger partial charge on any atom is -0.497 e. The van der Waals surface area contributed by atoms with Crippen molar-refractivity contribution in [3.8, 4) is 5.75 Å². The lowest BCUT2D eigenvalue weighted by Gasteiger charge is -2.22. The molecule has 3 rings (SSSR count). The average Bonchev–Trinajstić information content (AvgIpc) is 3.12. The topological polar surface area (TPSA) is 74.4 Å². The van der Waals surface area contributed by atoms with Crippen LogP contribution in [0.15, 0.2) is 42.6 Å². The third-order valence-electron chi connectivity index (χ3n) is 4.70. The van der Waals surface area contributed by atoms with Crippen LogP contribution < -0.4 is 10.1 Å². The molecule has 2 N–H and O–H groups in total. The summed E-state index contributed by atoms with van der Waals surface area (Å²) in [7, 11) is 1.60. The van der Waals surface area contributed by atoms with Gasteiger partial charge < -0.3 is 19.9 Å². The zero-order valence-corrected chi connectivity index (χ0v) is 18.3. The van der Waals surface area contributed by atoms with Crippen LogP contribution in [0.5, 0.6) is 5.75 Å². The molecule has 0 fully saturated rings. The first-order chi connectivity index (χ1) is 14.4. The van der Waals surface area contributed by atoms with Gasteiger partial charge in [-0.05, 0) is 48.4 Å². The second-order valence-corrected chi connectivity index (χ2v) is 7.73. The number of amides is 2. The number of rotatable bonds is 8. The Labute approximate surface area is 185 Å². The second kappa shape index (κ2) is 9.87. The SMILES string of the molecule is CCCN(CC(=O)Nc1cc(Cl)ccc1Cl)C(=O)Cc1c[nH]c2ccc(OC)cc12. The summed E-state index contributed by atoms with van der Waals surface area (Å²) in [6.07, 6.45) is 2.73. The smallest absolute Gasteiger partial charge is 0.244 e. The molecule has 1 aromatic heterocycles. The van der Waals surface area contributed by atoms with E-state index in [9.17, 15) is 9.59 Å². The number of benzene rings is 2. The van der Waals surface area contributed by atoms with Crippen LogP contribution >= 0.6 is 23.2 Å². The molecular weight excluding hydrogens is 425 g/mol. The van der Waals surface area contributed by atoms with Crippen molar-refractivity contribution in [2.24, 2.45) is 0 Å². The number of ether oxygens (including phenoxy) is 1. The fraction of sp³-hybridized carbons (Fsp3) is 0.273. The molecule has 1 heterocycles. The Hall–Kier alpha value is -2.70. The van der Waals surface area contributed by atoms with Gasteiger partial charge in [0.2, 0.25) is 11.8 Å². The number of H-pyrrole nitrogens is 1. The van der Waals surface area contributed by atoms with Gasteiger partial charge in [0, 0.05) is 28.7 Å². The molecule has 3 aromatic rings. The van der Waals surface area contributed by atoms with Crippen LogP contribution in [0.4, 0.5) is 5.69 Å². The maximum absolute atomic E-state index is 13.0. The predicted molar refractivity (Wildman–Crippen MR) is 121 cm³/mol. The number of halogens is 2. The Morgan fingerprint density at radius 1 is 1.17 bits per heavy atom. The molecular formula is C22H23Cl2N3O3. The highest BCUT2D eigenvalue weighted by Gasteiger charge is 2.19. The Kier molecular flexibility index (Phi) is 7.24. The van der Waals surface area contributed by atoms with Gasteiger partial charge in [-0.25, -0.2) is 0 Å². The van der Waals surface area contributed by atoms with Gasteiger partial charge >= 0.3 is 0 Å². The van der Waals surface area contributed by atoms with E-state index in [-0.39, 0.29) is 24.8 Å². The number of anilines is 1. The van der Waals surface area contributed by atoms with E-state index in [1.54, 1.807) is 30.2 Å². The molecule has 2 amide bonds. The van der Waals surface area contributed by atoms with Gasteiger partial charge in [0.05, 0.1) is 30.8 Å². The number of fused-ring (bicyclic) bond motifs is 1. The van der Waals surface area contributed by atoms with Gasteiger partial charge in [0.25, 0.3) is 0 Å². The molecule has 158 valence electrons. The van der Waals surface area contributed by atoms with E-state index >= 15 is 0 Å². The summed E-state index contributed by atoms with van der Waals surface area (Å²) in [4.78, 5) is 30.2. The molecule has 2 aromatic carbocycles. The molecule has 0 spiro atoms. The fourth-order valence-electron chi connectivity index (χ4n) is 3.22. The number of methoxy groups -OCH3 is 1. The molecule has 0 aliphatic carbocycles. The van der Waals surface area contributed by atoms with Crippen molar-refractivity contribution < 1.29 is 14.3 Å². The lowest BCUT2D eigenvalue weighted by Crippen LogP contribution is -2.39. The number of nitrogens with one attached hydrogen (secondary N) is 2. The zero-order chi connectivity index (χ0) is 21.7. The van der Waals surface area contributed by atoms with Crippen molar-refractivity contribution in [3.63, 3.8) is 0 Å². The third kappa shape index (κ3) is 5.26. The van der Waals surface area contributed by atoms with Gasteiger partial charge in [-0.15, -0.1) is 0 Å². The summed E-state index contributed by atoms with van der Waals surface area (Å²) in [6.45, 7) is 2.37. The van der Waals surface area contributed by atoms with Gasteiger partial charge in [0.15, 0.2) is 0 Å². The standard InChI is InChI=1S/C22H23Cl2N3O3/c1-3-8-27(13-21(28)26-20-10-15(23)4-6-18(20)24)22(29)9-14-12-25-19-7-5-16(30-2)11-17(14)19/h4-7,10-12,25H,3,8-9,13H2,1-2H3,(H,26,28). The molecule has 0 saturated carbocycles. The van der Waals surface area contributed by atoms with Crippen molar-refractivity contribution in [2.45, 2.75) is 19.8 Å². The molecule has 6 nitrogen and oxygen atoms in total. The van der Waals surface area contributed by atoms with Crippen molar-refractivity contribution in [1.29, 1.82) is 0 Å². The number of aromatic nitrogens is 1.